The van der Waals surface area contributed by atoms with E-state index in [0.717, 1.165) is 25.3 Å². The molecule has 0 aliphatic carbocycles. The Kier molecular flexibility index (Phi) is 7.49. The summed E-state index contributed by atoms with van der Waals surface area (Å²) in [7, 11) is 1.95. The zero-order chi connectivity index (χ0) is 15.8. The van der Waals surface area contributed by atoms with Crippen molar-refractivity contribution in [3.05, 3.63) is 23.0 Å². The second-order valence-electron chi connectivity index (χ2n) is 5.76. The maximum Gasteiger partial charge on any atom is 0.120 e. The minimum atomic E-state index is 0.505. The molecule has 0 aromatic carbocycles. The smallest absolute Gasteiger partial charge is 0.120 e. The Bertz CT molecular complexity index is 466. The Labute approximate surface area is 129 Å². The first-order chi connectivity index (χ1) is 10.0. The number of hydrogen-bond donors (Lipinski definition) is 1. The van der Waals surface area contributed by atoms with Crippen molar-refractivity contribution in [2.75, 3.05) is 19.6 Å². The standard InChI is InChI=1S/C17H30N4/c1-6-21(7-2)10-8-9-14(3)19-13-16-11-17(12-18)20(5)15(16)4/h11,14,19H,6-10,13H2,1-5H3. The zero-order valence-electron chi connectivity index (χ0n) is 14.2. The minimum absolute atomic E-state index is 0.505. The summed E-state index contributed by atoms with van der Waals surface area (Å²) < 4.78 is 1.96. The highest BCUT2D eigenvalue weighted by molar-refractivity contribution is 5.34. The van der Waals surface area contributed by atoms with Crippen LogP contribution in [0, 0.1) is 18.3 Å². The minimum Gasteiger partial charge on any atom is -0.340 e. The Morgan fingerprint density at radius 2 is 2.05 bits per heavy atom. The molecular formula is C17H30N4. The SMILES string of the molecule is CCN(CC)CCCC(C)NCc1cc(C#N)n(C)c1C. The zero-order valence-corrected chi connectivity index (χ0v) is 14.2. The first-order valence-corrected chi connectivity index (χ1v) is 8.04. The van der Waals surface area contributed by atoms with Gasteiger partial charge < -0.3 is 14.8 Å². The third kappa shape index (κ3) is 5.18. The van der Waals surface area contributed by atoms with Crippen molar-refractivity contribution < 1.29 is 0 Å². The van der Waals surface area contributed by atoms with Crippen LogP contribution in [0.3, 0.4) is 0 Å². The average molecular weight is 290 g/mol. The molecule has 0 bridgehead atoms. The van der Waals surface area contributed by atoms with Crippen molar-refractivity contribution in [2.45, 2.75) is 53.1 Å². The summed E-state index contributed by atoms with van der Waals surface area (Å²) in [6.45, 7) is 13.0. The van der Waals surface area contributed by atoms with Gasteiger partial charge in [0, 0.05) is 25.3 Å². The molecule has 4 nitrogen and oxygen atoms in total. The van der Waals surface area contributed by atoms with Crippen LogP contribution in [-0.2, 0) is 13.6 Å². The molecule has 4 heteroatoms. The van der Waals surface area contributed by atoms with Crippen molar-refractivity contribution >= 4 is 0 Å². The highest BCUT2D eigenvalue weighted by atomic mass is 15.1. The van der Waals surface area contributed by atoms with Crippen LogP contribution in [0.25, 0.3) is 0 Å². The van der Waals surface area contributed by atoms with Crippen LogP contribution in [0.5, 0.6) is 0 Å². The van der Waals surface area contributed by atoms with Crippen LogP contribution >= 0.6 is 0 Å². The van der Waals surface area contributed by atoms with E-state index >= 15 is 0 Å². The van der Waals surface area contributed by atoms with Crippen LogP contribution in [0.4, 0.5) is 0 Å². The lowest BCUT2D eigenvalue weighted by molar-refractivity contribution is 0.290. The average Bonchev–Trinajstić information content (AvgIpc) is 2.77. The summed E-state index contributed by atoms with van der Waals surface area (Å²) in [5, 5.41) is 12.6. The summed E-state index contributed by atoms with van der Waals surface area (Å²) in [5.74, 6) is 0. The Morgan fingerprint density at radius 3 is 2.57 bits per heavy atom. The molecule has 1 heterocycles. The van der Waals surface area contributed by atoms with Gasteiger partial charge in [-0.1, -0.05) is 13.8 Å². The van der Waals surface area contributed by atoms with Gasteiger partial charge in [0.1, 0.15) is 11.8 Å². The molecule has 0 saturated carbocycles. The van der Waals surface area contributed by atoms with Crippen molar-refractivity contribution in [2.24, 2.45) is 7.05 Å². The van der Waals surface area contributed by atoms with Gasteiger partial charge >= 0.3 is 0 Å². The van der Waals surface area contributed by atoms with Crippen LogP contribution in [-0.4, -0.2) is 35.1 Å². The maximum absolute atomic E-state index is 9.05. The van der Waals surface area contributed by atoms with E-state index in [9.17, 15) is 0 Å². The van der Waals surface area contributed by atoms with E-state index in [4.69, 9.17) is 5.26 Å². The van der Waals surface area contributed by atoms with Crippen LogP contribution < -0.4 is 5.32 Å². The molecule has 1 aromatic heterocycles. The van der Waals surface area contributed by atoms with E-state index in [0.29, 0.717) is 6.04 Å². The number of nitrogens with zero attached hydrogens (tertiary/aromatic N) is 3. The van der Waals surface area contributed by atoms with Gasteiger partial charge in [-0.15, -0.1) is 0 Å². The highest BCUT2D eigenvalue weighted by Crippen LogP contribution is 2.13. The van der Waals surface area contributed by atoms with Gasteiger partial charge in [0.25, 0.3) is 0 Å². The maximum atomic E-state index is 9.05. The fourth-order valence-electron chi connectivity index (χ4n) is 2.60. The lowest BCUT2D eigenvalue weighted by Gasteiger charge is -2.19. The Morgan fingerprint density at radius 1 is 1.38 bits per heavy atom. The molecule has 0 spiro atoms. The van der Waals surface area contributed by atoms with Crippen molar-refractivity contribution in [1.82, 2.24) is 14.8 Å². The summed E-state index contributed by atoms with van der Waals surface area (Å²) in [6, 6.07) is 4.73. The fraction of sp³-hybridized carbons (Fsp3) is 0.706. The van der Waals surface area contributed by atoms with Crippen molar-refractivity contribution in [3.63, 3.8) is 0 Å². The molecule has 0 aliphatic heterocycles. The summed E-state index contributed by atoms with van der Waals surface area (Å²) in [5.41, 5.74) is 3.14. The number of nitrogens with one attached hydrogen (secondary N) is 1. The van der Waals surface area contributed by atoms with Crippen LogP contribution in [0.2, 0.25) is 0 Å². The van der Waals surface area contributed by atoms with Gasteiger partial charge in [0.05, 0.1) is 0 Å². The second-order valence-corrected chi connectivity index (χ2v) is 5.76. The molecule has 0 aliphatic rings. The molecule has 1 aromatic rings. The summed E-state index contributed by atoms with van der Waals surface area (Å²) in [4.78, 5) is 2.47. The summed E-state index contributed by atoms with van der Waals surface area (Å²) >= 11 is 0. The number of hydrogen-bond acceptors (Lipinski definition) is 3. The lowest BCUT2D eigenvalue weighted by Crippen LogP contribution is -2.28. The van der Waals surface area contributed by atoms with E-state index in [1.165, 1.54) is 30.6 Å². The summed E-state index contributed by atoms with van der Waals surface area (Å²) in [6.07, 6.45) is 2.42. The molecule has 0 amide bonds. The molecular weight excluding hydrogens is 260 g/mol. The van der Waals surface area contributed by atoms with Gasteiger partial charge in [-0.25, -0.2) is 0 Å². The molecule has 1 N–H and O–H groups in total. The largest absolute Gasteiger partial charge is 0.340 e. The van der Waals surface area contributed by atoms with E-state index in [2.05, 4.69) is 44.0 Å². The van der Waals surface area contributed by atoms with Gasteiger partial charge in [-0.3, -0.25) is 0 Å². The molecule has 0 radical (unpaired) electrons. The van der Waals surface area contributed by atoms with E-state index in [1.807, 2.05) is 17.7 Å². The molecule has 1 unspecified atom stereocenters. The number of aromatic nitrogens is 1. The quantitative estimate of drug-likeness (QED) is 0.760. The Balaban J connectivity index is 2.37. The first kappa shape index (κ1) is 17.7. The fourth-order valence-corrected chi connectivity index (χ4v) is 2.60. The monoisotopic (exact) mass is 290 g/mol. The molecule has 118 valence electrons. The number of rotatable bonds is 9. The Hall–Kier alpha value is -1.31. The highest BCUT2D eigenvalue weighted by Gasteiger charge is 2.10. The molecule has 1 rings (SSSR count). The van der Waals surface area contributed by atoms with Gasteiger partial charge in [0.15, 0.2) is 0 Å². The molecule has 0 fully saturated rings. The first-order valence-electron chi connectivity index (χ1n) is 8.04. The van der Waals surface area contributed by atoms with Crippen molar-refractivity contribution in [3.8, 4) is 6.07 Å². The van der Waals surface area contributed by atoms with Gasteiger partial charge in [0.2, 0.25) is 0 Å². The third-order valence-electron chi connectivity index (χ3n) is 4.40. The second kappa shape index (κ2) is 8.86. The van der Waals surface area contributed by atoms with Gasteiger partial charge in [-0.05, 0) is 58.0 Å². The third-order valence-corrected chi connectivity index (χ3v) is 4.40. The normalized spacial score (nSPS) is 12.6. The van der Waals surface area contributed by atoms with Crippen LogP contribution in [0.1, 0.15) is 50.6 Å². The van der Waals surface area contributed by atoms with Crippen molar-refractivity contribution in [1.29, 1.82) is 5.26 Å². The van der Waals surface area contributed by atoms with Gasteiger partial charge in [-0.2, -0.15) is 5.26 Å². The predicted octanol–water partition coefficient (Wildman–Crippen LogP) is 2.81. The molecule has 21 heavy (non-hydrogen) atoms. The van der Waals surface area contributed by atoms with Crippen LogP contribution in [0.15, 0.2) is 6.07 Å². The lowest BCUT2D eigenvalue weighted by atomic mass is 10.1. The predicted molar refractivity (Wildman–Crippen MR) is 88.2 cm³/mol. The van der Waals surface area contributed by atoms with E-state index in [1.54, 1.807) is 0 Å². The number of nitriles is 1. The topological polar surface area (TPSA) is 44.0 Å². The molecule has 1 atom stereocenters. The molecule has 0 saturated heterocycles. The van der Waals surface area contributed by atoms with E-state index in [-0.39, 0.29) is 0 Å². The van der Waals surface area contributed by atoms with E-state index < -0.39 is 0 Å².